The standard InChI is InChI=1S/C15H23N3OS/c1-10(14-11(2)17-18(5)12(14)3)16-9-15(4,19)13-7-6-8-20-13/h6-8,10,16,19H,9H2,1-5H3. The molecular formula is C15H23N3OS. The predicted molar refractivity (Wildman–Crippen MR) is 83.0 cm³/mol. The van der Waals surface area contributed by atoms with E-state index in [-0.39, 0.29) is 6.04 Å². The van der Waals surface area contributed by atoms with Crippen molar-refractivity contribution in [2.75, 3.05) is 6.54 Å². The summed E-state index contributed by atoms with van der Waals surface area (Å²) in [4.78, 5) is 0.983. The maximum Gasteiger partial charge on any atom is 0.108 e. The zero-order chi connectivity index (χ0) is 14.9. The molecule has 0 saturated heterocycles. The van der Waals surface area contributed by atoms with Crippen molar-refractivity contribution in [2.24, 2.45) is 7.05 Å². The predicted octanol–water partition coefficient (Wildman–Crippen LogP) is 2.66. The zero-order valence-corrected chi connectivity index (χ0v) is 13.6. The number of aryl methyl sites for hydroxylation is 2. The van der Waals surface area contributed by atoms with E-state index in [1.807, 2.05) is 43.1 Å². The minimum atomic E-state index is -0.841. The van der Waals surface area contributed by atoms with Crippen molar-refractivity contribution in [3.8, 4) is 0 Å². The summed E-state index contributed by atoms with van der Waals surface area (Å²) in [5.41, 5.74) is 2.58. The van der Waals surface area contributed by atoms with Crippen LogP contribution in [0.2, 0.25) is 0 Å². The van der Waals surface area contributed by atoms with Crippen molar-refractivity contribution in [2.45, 2.75) is 39.3 Å². The van der Waals surface area contributed by atoms with Gasteiger partial charge in [-0.15, -0.1) is 11.3 Å². The van der Waals surface area contributed by atoms with Crippen molar-refractivity contribution in [3.05, 3.63) is 39.3 Å². The Balaban J connectivity index is 2.07. The lowest BCUT2D eigenvalue weighted by atomic mass is 10.0. The van der Waals surface area contributed by atoms with Crippen molar-refractivity contribution in [1.29, 1.82) is 0 Å². The Bertz CT molecular complexity index is 572. The first-order chi connectivity index (χ1) is 9.33. The van der Waals surface area contributed by atoms with Gasteiger partial charge in [0.25, 0.3) is 0 Å². The molecular weight excluding hydrogens is 270 g/mol. The van der Waals surface area contributed by atoms with E-state index in [0.29, 0.717) is 6.54 Å². The zero-order valence-electron chi connectivity index (χ0n) is 12.8. The Kier molecular flexibility index (Phi) is 4.32. The summed E-state index contributed by atoms with van der Waals surface area (Å²) >= 11 is 1.58. The maximum atomic E-state index is 10.5. The lowest BCUT2D eigenvalue weighted by Crippen LogP contribution is -2.36. The third-order valence-corrected chi connectivity index (χ3v) is 4.93. The summed E-state index contributed by atoms with van der Waals surface area (Å²) in [6.45, 7) is 8.58. The molecule has 4 nitrogen and oxygen atoms in total. The molecule has 2 unspecified atom stereocenters. The summed E-state index contributed by atoms with van der Waals surface area (Å²) in [6, 6.07) is 4.10. The SMILES string of the molecule is Cc1nn(C)c(C)c1C(C)NCC(C)(O)c1cccs1. The largest absolute Gasteiger partial charge is 0.383 e. The number of nitrogens with zero attached hydrogens (tertiary/aromatic N) is 2. The van der Waals surface area contributed by atoms with Crippen molar-refractivity contribution >= 4 is 11.3 Å². The van der Waals surface area contributed by atoms with Gasteiger partial charge >= 0.3 is 0 Å². The van der Waals surface area contributed by atoms with Gasteiger partial charge in [-0.25, -0.2) is 0 Å². The summed E-state index contributed by atoms with van der Waals surface area (Å²) < 4.78 is 1.90. The lowest BCUT2D eigenvalue weighted by Gasteiger charge is -2.25. The van der Waals surface area contributed by atoms with Gasteiger partial charge in [-0.05, 0) is 39.1 Å². The van der Waals surface area contributed by atoms with Crippen LogP contribution in [-0.4, -0.2) is 21.4 Å². The molecule has 0 aliphatic carbocycles. The Morgan fingerprint density at radius 1 is 1.50 bits per heavy atom. The van der Waals surface area contributed by atoms with Gasteiger partial charge in [-0.2, -0.15) is 5.10 Å². The van der Waals surface area contributed by atoms with Gasteiger partial charge in [0.2, 0.25) is 0 Å². The van der Waals surface area contributed by atoms with Crippen LogP contribution in [0, 0.1) is 13.8 Å². The Morgan fingerprint density at radius 2 is 2.20 bits per heavy atom. The molecule has 0 aliphatic rings. The van der Waals surface area contributed by atoms with Gasteiger partial charge in [-0.3, -0.25) is 4.68 Å². The van der Waals surface area contributed by atoms with E-state index in [4.69, 9.17) is 0 Å². The monoisotopic (exact) mass is 293 g/mol. The molecule has 2 atom stereocenters. The molecule has 0 amide bonds. The molecule has 2 heterocycles. The first kappa shape index (κ1) is 15.2. The Hall–Kier alpha value is -1.17. The summed E-state index contributed by atoms with van der Waals surface area (Å²) in [5.74, 6) is 0. The number of hydrogen-bond acceptors (Lipinski definition) is 4. The molecule has 0 aliphatic heterocycles. The van der Waals surface area contributed by atoms with E-state index in [1.54, 1.807) is 11.3 Å². The van der Waals surface area contributed by atoms with Crippen LogP contribution >= 0.6 is 11.3 Å². The molecule has 0 radical (unpaired) electrons. The van der Waals surface area contributed by atoms with Crippen LogP contribution in [0.25, 0.3) is 0 Å². The Labute approximate surface area is 124 Å². The second-order valence-electron chi connectivity index (χ2n) is 5.56. The fourth-order valence-electron chi connectivity index (χ4n) is 2.54. The fourth-order valence-corrected chi connectivity index (χ4v) is 3.33. The molecule has 110 valence electrons. The normalized spacial score (nSPS) is 16.1. The highest BCUT2D eigenvalue weighted by Gasteiger charge is 2.26. The lowest BCUT2D eigenvalue weighted by molar-refractivity contribution is 0.0580. The van der Waals surface area contributed by atoms with Gasteiger partial charge in [0, 0.05) is 35.8 Å². The molecule has 0 spiro atoms. The van der Waals surface area contributed by atoms with Gasteiger partial charge in [-0.1, -0.05) is 6.07 Å². The third kappa shape index (κ3) is 2.95. The summed E-state index contributed by atoms with van der Waals surface area (Å²) in [6.07, 6.45) is 0. The van der Waals surface area contributed by atoms with Crippen molar-refractivity contribution in [1.82, 2.24) is 15.1 Å². The average Bonchev–Trinajstić information content (AvgIpc) is 2.97. The van der Waals surface area contributed by atoms with Gasteiger partial charge in [0.05, 0.1) is 5.69 Å². The highest BCUT2D eigenvalue weighted by Crippen LogP contribution is 2.26. The number of nitrogens with one attached hydrogen (secondary N) is 1. The topological polar surface area (TPSA) is 50.1 Å². The number of hydrogen-bond donors (Lipinski definition) is 2. The van der Waals surface area contributed by atoms with Crippen LogP contribution in [0.5, 0.6) is 0 Å². The van der Waals surface area contributed by atoms with Crippen LogP contribution in [0.1, 0.15) is 41.7 Å². The van der Waals surface area contributed by atoms with Crippen LogP contribution in [0.15, 0.2) is 17.5 Å². The number of rotatable bonds is 5. The third-order valence-electron chi connectivity index (χ3n) is 3.80. The van der Waals surface area contributed by atoms with E-state index in [2.05, 4.69) is 24.3 Å². The molecule has 2 N–H and O–H groups in total. The second-order valence-corrected chi connectivity index (χ2v) is 6.51. The molecule has 0 bridgehead atoms. The van der Waals surface area contributed by atoms with E-state index in [9.17, 15) is 5.11 Å². The molecule has 20 heavy (non-hydrogen) atoms. The number of aromatic nitrogens is 2. The molecule has 2 rings (SSSR count). The number of aliphatic hydroxyl groups is 1. The van der Waals surface area contributed by atoms with E-state index >= 15 is 0 Å². The first-order valence-electron chi connectivity index (χ1n) is 6.83. The smallest absolute Gasteiger partial charge is 0.108 e. The molecule has 0 saturated carbocycles. The second kappa shape index (κ2) is 5.68. The molecule has 2 aromatic heterocycles. The highest BCUT2D eigenvalue weighted by atomic mass is 32.1. The van der Waals surface area contributed by atoms with Crippen LogP contribution in [-0.2, 0) is 12.6 Å². The van der Waals surface area contributed by atoms with E-state index < -0.39 is 5.60 Å². The molecule has 0 aromatic carbocycles. The van der Waals surface area contributed by atoms with Crippen molar-refractivity contribution < 1.29 is 5.11 Å². The van der Waals surface area contributed by atoms with Gasteiger partial charge in [0.1, 0.15) is 5.60 Å². The van der Waals surface area contributed by atoms with Gasteiger partial charge in [0.15, 0.2) is 0 Å². The van der Waals surface area contributed by atoms with Crippen LogP contribution in [0.4, 0.5) is 0 Å². The fraction of sp³-hybridized carbons (Fsp3) is 0.533. The number of thiophene rings is 1. The van der Waals surface area contributed by atoms with E-state index in [1.165, 1.54) is 11.3 Å². The van der Waals surface area contributed by atoms with Crippen LogP contribution < -0.4 is 5.32 Å². The minimum absolute atomic E-state index is 0.162. The molecule has 5 heteroatoms. The quantitative estimate of drug-likeness (QED) is 0.891. The summed E-state index contributed by atoms with van der Waals surface area (Å²) in [5, 5.41) is 20.4. The average molecular weight is 293 g/mol. The van der Waals surface area contributed by atoms with Crippen molar-refractivity contribution in [3.63, 3.8) is 0 Å². The van der Waals surface area contributed by atoms with Gasteiger partial charge < -0.3 is 10.4 Å². The Morgan fingerprint density at radius 3 is 2.70 bits per heavy atom. The maximum absolute atomic E-state index is 10.5. The summed E-state index contributed by atoms with van der Waals surface area (Å²) in [7, 11) is 1.96. The highest BCUT2D eigenvalue weighted by molar-refractivity contribution is 7.10. The minimum Gasteiger partial charge on any atom is -0.383 e. The van der Waals surface area contributed by atoms with Crippen LogP contribution in [0.3, 0.4) is 0 Å². The molecule has 0 fully saturated rings. The van der Waals surface area contributed by atoms with E-state index in [0.717, 1.165) is 10.6 Å². The molecule has 2 aromatic rings. The first-order valence-corrected chi connectivity index (χ1v) is 7.70.